The van der Waals surface area contributed by atoms with Gasteiger partial charge in [0.15, 0.2) is 11.7 Å². The van der Waals surface area contributed by atoms with Gasteiger partial charge < -0.3 is 78.8 Å². The van der Waals surface area contributed by atoms with Crippen molar-refractivity contribution in [1.82, 2.24) is 52.2 Å². The molecule has 29 heteroatoms. The van der Waals surface area contributed by atoms with Crippen molar-refractivity contribution in [3.63, 3.8) is 0 Å². The summed E-state index contributed by atoms with van der Waals surface area (Å²) in [6.45, 7) is 2.31. The summed E-state index contributed by atoms with van der Waals surface area (Å²) < 4.78 is 18.3. The molecule has 15 N–H and O–H groups in total. The quantitative estimate of drug-likeness (QED) is 0.0200. The van der Waals surface area contributed by atoms with Crippen LogP contribution in [0.3, 0.4) is 0 Å². The van der Waals surface area contributed by atoms with Crippen LogP contribution in [0.1, 0.15) is 101 Å². The Kier molecular flexibility index (Phi) is 28.0. The molecular formula is C58H84N14O14S. The number of amides is 8. The maximum absolute atomic E-state index is 14.5. The molecule has 476 valence electrons. The number of nitrogens with zero attached hydrogens (tertiary/aromatic N) is 4. The number of thioether (sulfide) groups is 1. The molecule has 0 radical (unpaired) electrons. The molecule has 0 saturated carbocycles. The number of guanidine groups is 1. The lowest BCUT2D eigenvalue weighted by Gasteiger charge is -2.26. The molecule has 87 heavy (non-hydrogen) atoms. The Bertz CT molecular complexity index is 2800. The summed E-state index contributed by atoms with van der Waals surface area (Å²) in [6.07, 6.45) is 6.06. The molecule has 3 aliphatic rings. The number of ether oxygens (including phenoxy) is 3. The molecule has 2 fully saturated rings. The van der Waals surface area contributed by atoms with Crippen LogP contribution in [0.4, 0.5) is 4.79 Å². The summed E-state index contributed by atoms with van der Waals surface area (Å²) in [4.78, 5) is 126. The molecular weight excluding hydrogens is 1150 g/mol. The van der Waals surface area contributed by atoms with Gasteiger partial charge in [0.1, 0.15) is 48.1 Å². The van der Waals surface area contributed by atoms with Crippen LogP contribution in [0, 0.1) is 5.92 Å². The Morgan fingerprint density at radius 1 is 0.713 bits per heavy atom. The van der Waals surface area contributed by atoms with Crippen molar-refractivity contribution in [2.45, 2.75) is 157 Å². The van der Waals surface area contributed by atoms with Gasteiger partial charge in [-0.1, -0.05) is 35.9 Å². The Hall–Kier alpha value is -7.89. The highest BCUT2D eigenvalue weighted by atomic mass is 32.2. The predicted octanol–water partition coefficient (Wildman–Crippen LogP) is -0.416. The van der Waals surface area contributed by atoms with Crippen LogP contribution in [-0.2, 0) is 78.4 Å². The lowest BCUT2D eigenvalue weighted by atomic mass is 9.91. The number of fused-ring (bicyclic) bond motifs is 3. The number of aromatic nitrogens is 3. The minimum Gasteiger partial charge on any atom is -0.508 e. The van der Waals surface area contributed by atoms with E-state index in [1.54, 1.807) is 30.5 Å². The molecule has 2 bridgehead atoms. The number of hydrogen-bond acceptors (Lipinski definition) is 18. The fraction of sp³-hybridized carbons (Fsp3) is 0.586. The van der Waals surface area contributed by atoms with Gasteiger partial charge in [-0.3, -0.25) is 48.0 Å². The number of unbranched alkanes of at least 4 members (excludes halogenated alkanes) is 1. The van der Waals surface area contributed by atoms with Crippen molar-refractivity contribution in [2.24, 2.45) is 28.1 Å². The summed E-state index contributed by atoms with van der Waals surface area (Å²) in [6, 6.07) is 5.69. The molecule has 2 aromatic carbocycles. The van der Waals surface area contributed by atoms with Crippen LogP contribution in [0.5, 0.6) is 11.5 Å². The average molecular weight is 1230 g/mol. The van der Waals surface area contributed by atoms with Gasteiger partial charge >= 0.3 is 6.03 Å². The highest BCUT2D eigenvalue weighted by molar-refractivity contribution is 8.00. The SMILES string of the molecule is C[C@H]1NC(=O)[C@@H](CCCN=C(N)N)NC(=O)[C@@H](Cc2ccc(O)cc2)NC(=O)[C@@H](NC(=O)COCCOCCOCCCC(=O)CCCC[C@H]2SC[C@H]3NC(=O)N[C@H]32)Cc2cn(nn2)CCCC[C@@H](C(N)=O)NC(=O)[C@@H](Cc2ccc(O)cc2)CC1=O. The second-order valence-electron chi connectivity index (χ2n) is 22.0. The first kappa shape index (κ1) is 68.2. The molecule has 0 spiro atoms. The van der Waals surface area contributed by atoms with Crippen molar-refractivity contribution in [1.29, 1.82) is 0 Å². The van der Waals surface area contributed by atoms with Gasteiger partial charge in [-0.2, -0.15) is 11.8 Å². The largest absolute Gasteiger partial charge is 0.508 e. The average Bonchev–Trinajstić information content (AvgIpc) is 3.29. The Morgan fingerprint density at radius 3 is 2.07 bits per heavy atom. The molecule has 28 nitrogen and oxygen atoms in total. The normalized spacial score (nSPS) is 23.3. The van der Waals surface area contributed by atoms with Gasteiger partial charge in [0.2, 0.25) is 35.4 Å². The van der Waals surface area contributed by atoms with E-state index in [4.69, 9.17) is 31.4 Å². The number of aromatic hydroxyl groups is 2. The first-order chi connectivity index (χ1) is 41.8. The van der Waals surface area contributed by atoms with E-state index in [0.717, 1.165) is 25.0 Å². The third kappa shape index (κ3) is 24.1. The van der Waals surface area contributed by atoms with Crippen molar-refractivity contribution in [2.75, 3.05) is 51.9 Å². The maximum Gasteiger partial charge on any atom is 0.315 e. The van der Waals surface area contributed by atoms with Crippen LogP contribution in [0.2, 0.25) is 0 Å². The first-order valence-corrected chi connectivity index (χ1v) is 30.6. The summed E-state index contributed by atoms with van der Waals surface area (Å²) in [5.41, 5.74) is 18.2. The number of phenols is 2. The molecule has 1 aromatic heterocycles. The number of nitrogens with one attached hydrogen (secondary N) is 7. The van der Waals surface area contributed by atoms with E-state index in [1.165, 1.54) is 35.9 Å². The van der Waals surface area contributed by atoms with Gasteiger partial charge in [0, 0.05) is 74.9 Å². The molecule has 4 heterocycles. The number of phenolic OH excluding ortho intramolecular Hbond substituents is 2. The van der Waals surface area contributed by atoms with E-state index in [2.05, 4.69) is 52.5 Å². The third-order valence-corrected chi connectivity index (χ3v) is 16.5. The van der Waals surface area contributed by atoms with E-state index < -0.39 is 90.4 Å². The zero-order valence-electron chi connectivity index (χ0n) is 49.1. The number of carbonyl (C=O) groups is 9. The smallest absolute Gasteiger partial charge is 0.315 e. The Morgan fingerprint density at radius 2 is 1.37 bits per heavy atom. The first-order valence-electron chi connectivity index (χ1n) is 29.6. The number of Topliss-reactive ketones (excluding diaryl/α,β-unsaturated/α-hetero) is 2. The predicted molar refractivity (Wildman–Crippen MR) is 319 cm³/mol. The molecule has 2 saturated heterocycles. The van der Waals surface area contributed by atoms with E-state index in [-0.39, 0.29) is 125 Å². The topological polar surface area (TPSA) is 427 Å². The number of aryl methyl sites for hydroxylation is 1. The fourth-order valence-electron chi connectivity index (χ4n) is 10.2. The van der Waals surface area contributed by atoms with Crippen molar-refractivity contribution < 1.29 is 67.6 Å². The fourth-order valence-corrected chi connectivity index (χ4v) is 11.7. The van der Waals surface area contributed by atoms with Crippen LogP contribution in [0.15, 0.2) is 59.7 Å². The number of rotatable bonds is 27. The zero-order valence-corrected chi connectivity index (χ0v) is 49.9. The van der Waals surface area contributed by atoms with Crippen LogP contribution < -0.4 is 54.4 Å². The lowest BCUT2D eigenvalue weighted by molar-refractivity contribution is -0.135. The monoisotopic (exact) mass is 1230 g/mol. The molecule has 9 atom stereocenters. The molecule has 8 amide bonds. The number of carbonyl (C=O) groups excluding carboxylic acids is 9. The summed E-state index contributed by atoms with van der Waals surface area (Å²) in [5.74, 6) is -5.40. The lowest BCUT2D eigenvalue weighted by Crippen LogP contribution is -2.58. The molecule has 0 unspecified atom stereocenters. The number of aliphatic imine (C=N–C) groups is 1. The van der Waals surface area contributed by atoms with E-state index in [0.29, 0.717) is 55.1 Å². The van der Waals surface area contributed by atoms with Crippen molar-refractivity contribution >= 4 is 70.8 Å². The number of nitrogens with two attached hydrogens (primary N) is 3. The van der Waals surface area contributed by atoms with Gasteiger partial charge in [-0.05, 0) is 100 Å². The second-order valence-corrected chi connectivity index (χ2v) is 23.2. The van der Waals surface area contributed by atoms with Gasteiger partial charge in [-0.25, -0.2) is 4.79 Å². The Balaban J connectivity index is 1.08. The number of ketones is 2. The van der Waals surface area contributed by atoms with Crippen molar-refractivity contribution in [3.8, 4) is 11.5 Å². The van der Waals surface area contributed by atoms with Crippen LogP contribution >= 0.6 is 11.8 Å². The Labute approximate surface area is 509 Å². The van der Waals surface area contributed by atoms with E-state index in [9.17, 15) is 53.4 Å². The summed E-state index contributed by atoms with van der Waals surface area (Å²) in [7, 11) is 0. The number of urea groups is 1. The standard InChI is InChI=1S/C58H84N14O14S/c1-35-48(76)30-38(28-36-13-17-41(74)18-14-36)53(79)65-43(52(59)78)10-4-5-22-72-32-39(70-71-72)31-46(56(82)67-45(29-37-15-19-42(75)20-16-37)55(81)66-44(54(80)63-35)11-6-21-62-57(60)61)64-50(77)33-86-27-26-85-25-24-84-23-7-9-40(73)8-2-3-12-49-51-47(34-87-49)68-58(83)69-51/h13-20,32,35,38,43-47,49,51,74-75H,2-12,21-31,33-34H2,1H3,(H2,59,78)(H,63,80)(H,64,77)(H,65,79)(H,66,81)(H,67,82)(H4,60,61,62)(H2,68,69,83)/t35-,38+,43+,44-,45-,46+,47-,49-,51-/m1/s1. The maximum atomic E-state index is 14.5. The van der Waals surface area contributed by atoms with E-state index in [1.807, 2.05) is 11.8 Å². The van der Waals surface area contributed by atoms with Gasteiger partial charge in [0.25, 0.3) is 0 Å². The molecule has 3 aliphatic heterocycles. The van der Waals surface area contributed by atoms with Crippen LogP contribution in [0.25, 0.3) is 0 Å². The minimum absolute atomic E-state index is 0.00984. The molecule has 3 aromatic rings. The highest BCUT2D eigenvalue weighted by Crippen LogP contribution is 2.33. The highest BCUT2D eigenvalue weighted by Gasteiger charge is 2.42. The van der Waals surface area contributed by atoms with Crippen molar-refractivity contribution in [3.05, 3.63) is 71.5 Å². The van der Waals surface area contributed by atoms with E-state index >= 15 is 0 Å². The zero-order chi connectivity index (χ0) is 62.7. The third-order valence-electron chi connectivity index (χ3n) is 15.0. The summed E-state index contributed by atoms with van der Waals surface area (Å²) in [5, 5.41) is 48.2. The minimum atomic E-state index is -1.41. The molecule has 6 rings (SSSR count). The second kappa shape index (κ2) is 35.7. The number of hydrogen-bond donors (Lipinski definition) is 12. The number of primary amides is 1. The summed E-state index contributed by atoms with van der Waals surface area (Å²) >= 11 is 1.86. The van der Waals surface area contributed by atoms with Crippen LogP contribution in [-0.4, -0.2) is 184 Å². The van der Waals surface area contributed by atoms with Gasteiger partial charge in [-0.15, -0.1) is 5.10 Å². The molecule has 0 aliphatic carbocycles. The van der Waals surface area contributed by atoms with Gasteiger partial charge in [0.05, 0.1) is 50.2 Å². The number of benzene rings is 2.